The lowest BCUT2D eigenvalue weighted by atomic mass is 10.1. The van der Waals surface area contributed by atoms with Crippen molar-refractivity contribution in [3.8, 4) is 11.5 Å². The highest BCUT2D eigenvalue weighted by molar-refractivity contribution is 9.10. The van der Waals surface area contributed by atoms with Crippen molar-refractivity contribution in [3.63, 3.8) is 0 Å². The zero-order chi connectivity index (χ0) is 14.0. The summed E-state index contributed by atoms with van der Waals surface area (Å²) in [6, 6.07) is 5.30. The van der Waals surface area contributed by atoms with Crippen LogP contribution in [0.2, 0.25) is 0 Å². The second kappa shape index (κ2) is 5.63. The Bertz CT molecular complexity index is 542. The van der Waals surface area contributed by atoms with Gasteiger partial charge in [0.15, 0.2) is 0 Å². The third-order valence-electron chi connectivity index (χ3n) is 2.89. The van der Waals surface area contributed by atoms with E-state index in [4.69, 9.17) is 9.47 Å². The SMILES string of the molecule is COc1cc(OC)cc(C(O)c2c(Br)cnn2C)c1. The number of benzene rings is 1. The predicted octanol–water partition coefficient (Wildman–Crippen LogP) is 2.28. The predicted molar refractivity (Wildman–Crippen MR) is 74.5 cm³/mol. The molecule has 0 bridgehead atoms. The van der Waals surface area contributed by atoms with Crippen molar-refractivity contribution in [2.75, 3.05) is 14.2 Å². The van der Waals surface area contributed by atoms with E-state index in [0.717, 1.165) is 4.47 Å². The molecule has 1 atom stereocenters. The molecule has 19 heavy (non-hydrogen) atoms. The van der Waals surface area contributed by atoms with E-state index >= 15 is 0 Å². The molecular formula is C13H15BrN2O3. The third-order valence-corrected chi connectivity index (χ3v) is 3.50. The Morgan fingerprint density at radius 1 is 1.21 bits per heavy atom. The van der Waals surface area contributed by atoms with Gasteiger partial charge in [0, 0.05) is 13.1 Å². The van der Waals surface area contributed by atoms with Crippen LogP contribution in [0.25, 0.3) is 0 Å². The largest absolute Gasteiger partial charge is 0.497 e. The van der Waals surface area contributed by atoms with Crippen molar-refractivity contribution in [2.45, 2.75) is 6.10 Å². The molecule has 0 fully saturated rings. The van der Waals surface area contributed by atoms with E-state index in [9.17, 15) is 5.11 Å². The molecule has 0 saturated carbocycles. The van der Waals surface area contributed by atoms with Gasteiger partial charge in [-0.1, -0.05) is 0 Å². The van der Waals surface area contributed by atoms with Gasteiger partial charge in [-0.05, 0) is 33.6 Å². The van der Waals surface area contributed by atoms with Crippen molar-refractivity contribution in [1.82, 2.24) is 9.78 Å². The number of hydrogen-bond acceptors (Lipinski definition) is 4. The molecule has 2 aromatic rings. The quantitative estimate of drug-likeness (QED) is 0.936. The minimum absolute atomic E-state index is 0.631. The maximum absolute atomic E-state index is 10.5. The van der Waals surface area contributed by atoms with E-state index in [1.54, 1.807) is 50.3 Å². The van der Waals surface area contributed by atoms with Crippen molar-refractivity contribution in [2.24, 2.45) is 7.05 Å². The first kappa shape index (κ1) is 13.9. The minimum atomic E-state index is -0.814. The molecule has 1 unspecified atom stereocenters. The third kappa shape index (κ3) is 2.74. The smallest absolute Gasteiger partial charge is 0.122 e. The Labute approximate surface area is 119 Å². The van der Waals surface area contributed by atoms with Crippen LogP contribution in [0.15, 0.2) is 28.9 Å². The Morgan fingerprint density at radius 2 is 1.79 bits per heavy atom. The van der Waals surface area contributed by atoms with Gasteiger partial charge in [0.2, 0.25) is 0 Å². The maximum atomic E-state index is 10.5. The summed E-state index contributed by atoms with van der Waals surface area (Å²) < 4.78 is 12.8. The summed E-state index contributed by atoms with van der Waals surface area (Å²) in [6.45, 7) is 0. The zero-order valence-electron chi connectivity index (χ0n) is 10.9. The van der Waals surface area contributed by atoms with Gasteiger partial charge < -0.3 is 14.6 Å². The first-order valence-electron chi connectivity index (χ1n) is 5.65. The molecule has 1 aromatic carbocycles. The summed E-state index contributed by atoms with van der Waals surface area (Å²) in [5, 5.41) is 14.6. The Kier molecular flexibility index (Phi) is 4.11. The summed E-state index contributed by atoms with van der Waals surface area (Å²) >= 11 is 3.38. The Balaban J connectivity index is 2.46. The monoisotopic (exact) mass is 326 g/mol. The van der Waals surface area contributed by atoms with Gasteiger partial charge >= 0.3 is 0 Å². The van der Waals surface area contributed by atoms with Gasteiger partial charge in [-0.3, -0.25) is 4.68 Å². The summed E-state index contributed by atoms with van der Waals surface area (Å²) in [5.41, 5.74) is 1.36. The second-order valence-corrected chi connectivity index (χ2v) is 4.90. The lowest BCUT2D eigenvalue weighted by molar-refractivity contribution is 0.208. The van der Waals surface area contributed by atoms with Crippen LogP contribution in [0.5, 0.6) is 11.5 Å². The number of halogens is 1. The number of aliphatic hydroxyl groups excluding tert-OH is 1. The lowest BCUT2D eigenvalue weighted by Crippen LogP contribution is -2.07. The molecule has 102 valence electrons. The molecule has 5 nitrogen and oxygen atoms in total. The summed E-state index contributed by atoms with van der Waals surface area (Å²) in [4.78, 5) is 0. The topological polar surface area (TPSA) is 56.5 Å². The number of aliphatic hydroxyl groups is 1. The van der Waals surface area contributed by atoms with Crippen LogP contribution < -0.4 is 9.47 Å². The molecule has 1 heterocycles. The van der Waals surface area contributed by atoms with Crippen molar-refractivity contribution >= 4 is 15.9 Å². The molecule has 6 heteroatoms. The fourth-order valence-electron chi connectivity index (χ4n) is 1.87. The molecule has 1 aromatic heterocycles. The van der Waals surface area contributed by atoms with Gasteiger partial charge in [0.25, 0.3) is 0 Å². The Morgan fingerprint density at radius 3 is 2.21 bits per heavy atom. The van der Waals surface area contributed by atoms with Crippen LogP contribution >= 0.6 is 15.9 Å². The van der Waals surface area contributed by atoms with Crippen molar-refractivity contribution < 1.29 is 14.6 Å². The second-order valence-electron chi connectivity index (χ2n) is 4.05. The highest BCUT2D eigenvalue weighted by Crippen LogP contribution is 2.32. The molecule has 0 saturated heterocycles. The number of methoxy groups -OCH3 is 2. The lowest BCUT2D eigenvalue weighted by Gasteiger charge is -2.15. The average molecular weight is 327 g/mol. The normalized spacial score (nSPS) is 12.3. The highest BCUT2D eigenvalue weighted by atomic mass is 79.9. The molecule has 0 amide bonds. The molecule has 0 aliphatic carbocycles. The summed E-state index contributed by atoms with van der Waals surface area (Å²) in [7, 11) is 4.93. The molecule has 0 aliphatic rings. The van der Waals surface area contributed by atoms with E-state index in [1.807, 2.05) is 0 Å². The molecule has 0 radical (unpaired) electrons. The molecule has 2 rings (SSSR count). The van der Waals surface area contributed by atoms with Crippen LogP contribution in [0, 0.1) is 0 Å². The van der Waals surface area contributed by atoms with Gasteiger partial charge in [0.1, 0.15) is 17.6 Å². The van der Waals surface area contributed by atoms with Crippen LogP contribution in [0.4, 0.5) is 0 Å². The van der Waals surface area contributed by atoms with Crippen LogP contribution in [-0.2, 0) is 7.05 Å². The number of nitrogens with zero attached hydrogens (tertiary/aromatic N) is 2. The van der Waals surface area contributed by atoms with Crippen LogP contribution in [0.3, 0.4) is 0 Å². The highest BCUT2D eigenvalue weighted by Gasteiger charge is 2.19. The molecular weight excluding hydrogens is 312 g/mol. The van der Waals surface area contributed by atoms with E-state index in [-0.39, 0.29) is 0 Å². The van der Waals surface area contributed by atoms with Gasteiger partial charge in [-0.15, -0.1) is 0 Å². The molecule has 1 N–H and O–H groups in total. The van der Waals surface area contributed by atoms with E-state index in [0.29, 0.717) is 22.8 Å². The Hall–Kier alpha value is -1.53. The maximum Gasteiger partial charge on any atom is 0.122 e. The van der Waals surface area contributed by atoms with E-state index in [1.165, 1.54) is 0 Å². The van der Waals surface area contributed by atoms with E-state index < -0.39 is 6.10 Å². The zero-order valence-corrected chi connectivity index (χ0v) is 12.5. The first-order chi connectivity index (χ1) is 9.06. The van der Waals surface area contributed by atoms with E-state index in [2.05, 4.69) is 21.0 Å². The van der Waals surface area contributed by atoms with Crippen LogP contribution in [0.1, 0.15) is 17.4 Å². The van der Waals surface area contributed by atoms with Gasteiger partial charge in [-0.25, -0.2) is 0 Å². The van der Waals surface area contributed by atoms with Crippen molar-refractivity contribution in [1.29, 1.82) is 0 Å². The number of hydrogen-bond donors (Lipinski definition) is 1. The number of rotatable bonds is 4. The standard InChI is InChI=1S/C13H15BrN2O3/c1-16-12(11(14)7-15-16)13(17)8-4-9(18-2)6-10(5-8)19-3/h4-7,13,17H,1-3H3. The molecule has 0 spiro atoms. The fraction of sp³-hybridized carbons (Fsp3) is 0.308. The summed E-state index contributed by atoms with van der Waals surface area (Å²) in [5.74, 6) is 1.26. The average Bonchev–Trinajstić information content (AvgIpc) is 2.76. The van der Waals surface area contributed by atoms with Crippen molar-refractivity contribution in [3.05, 3.63) is 40.1 Å². The number of aromatic nitrogens is 2. The van der Waals surface area contributed by atoms with Gasteiger partial charge in [0.05, 0.1) is 30.6 Å². The number of ether oxygens (including phenoxy) is 2. The first-order valence-corrected chi connectivity index (χ1v) is 6.44. The number of aryl methyl sites for hydroxylation is 1. The van der Waals surface area contributed by atoms with Gasteiger partial charge in [-0.2, -0.15) is 5.10 Å². The minimum Gasteiger partial charge on any atom is -0.497 e. The fourth-order valence-corrected chi connectivity index (χ4v) is 2.44. The summed E-state index contributed by atoms with van der Waals surface area (Å²) in [6.07, 6.45) is 0.835. The van der Waals surface area contributed by atoms with Crippen LogP contribution in [-0.4, -0.2) is 29.1 Å². The molecule has 0 aliphatic heterocycles.